The Balaban J connectivity index is 1.66. The third kappa shape index (κ3) is 3.53. The van der Waals surface area contributed by atoms with Gasteiger partial charge in [0, 0.05) is 34.5 Å². The molecular formula is C22H16F3N3. The van der Waals surface area contributed by atoms with Crippen LogP contribution in [0.5, 0.6) is 0 Å². The second-order valence-corrected chi connectivity index (χ2v) is 6.43. The number of benzene rings is 2. The van der Waals surface area contributed by atoms with E-state index >= 15 is 0 Å². The number of halogens is 3. The lowest BCUT2D eigenvalue weighted by Crippen LogP contribution is -2.04. The van der Waals surface area contributed by atoms with E-state index in [9.17, 15) is 13.2 Å². The summed E-state index contributed by atoms with van der Waals surface area (Å²) >= 11 is 0. The summed E-state index contributed by atoms with van der Waals surface area (Å²) in [5, 5.41) is 5.37. The summed E-state index contributed by atoms with van der Waals surface area (Å²) in [5.41, 5.74) is 2.64. The Morgan fingerprint density at radius 3 is 2.29 bits per heavy atom. The molecule has 0 amide bonds. The van der Waals surface area contributed by atoms with Gasteiger partial charge in [-0.25, -0.2) is 4.98 Å². The van der Waals surface area contributed by atoms with Gasteiger partial charge in [-0.2, -0.15) is 13.2 Å². The van der Waals surface area contributed by atoms with Crippen molar-refractivity contribution in [3.8, 4) is 11.1 Å². The van der Waals surface area contributed by atoms with Crippen molar-refractivity contribution in [2.75, 3.05) is 5.32 Å². The average Bonchev–Trinajstić information content (AvgIpc) is 2.69. The quantitative estimate of drug-likeness (QED) is 0.450. The summed E-state index contributed by atoms with van der Waals surface area (Å²) in [6, 6.07) is 16.5. The first-order chi connectivity index (χ1) is 13.4. The smallest absolute Gasteiger partial charge is 0.340 e. The number of nitrogens with one attached hydrogen (secondary N) is 1. The summed E-state index contributed by atoms with van der Waals surface area (Å²) in [4.78, 5) is 8.65. The molecule has 0 aliphatic rings. The number of hydrogen-bond donors (Lipinski definition) is 1. The third-order valence-electron chi connectivity index (χ3n) is 4.57. The van der Waals surface area contributed by atoms with Crippen LogP contribution in [0.4, 0.5) is 24.7 Å². The molecule has 0 aliphatic heterocycles. The molecule has 0 saturated heterocycles. The topological polar surface area (TPSA) is 37.8 Å². The number of aromatic nitrogens is 2. The Hall–Kier alpha value is -3.41. The zero-order chi connectivity index (χ0) is 19.7. The molecule has 0 fully saturated rings. The van der Waals surface area contributed by atoms with E-state index in [0.717, 1.165) is 39.8 Å². The van der Waals surface area contributed by atoms with E-state index < -0.39 is 11.7 Å². The van der Waals surface area contributed by atoms with Crippen LogP contribution in [0.15, 0.2) is 73.1 Å². The molecule has 28 heavy (non-hydrogen) atoms. The van der Waals surface area contributed by atoms with Gasteiger partial charge in [-0.1, -0.05) is 24.3 Å². The molecule has 0 aliphatic carbocycles. The fourth-order valence-electron chi connectivity index (χ4n) is 3.13. The highest BCUT2D eigenvalue weighted by Gasteiger charge is 2.29. The first-order valence-electron chi connectivity index (χ1n) is 8.67. The van der Waals surface area contributed by atoms with Crippen molar-refractivity contribution in [3.63, 3.8) is 0 Å². The molecule has 1 N–H and O–H groups in total. The van der Waals surface area contributed by atoms with Crippen molar-refractivity contribution in [2.24, 2.45) is 0 Å². The molecular weight excluding hydrogens is 363 g/mol. The highest BCUT2D eigenvalue weighted by molar-refractivity contribution is 5.96. The Kier molecular flexibility index (Phi) is 4.47. The Labute approximate surface area is 159 Å². The van der Waals surface area contributed by atoms with Gasteiger partial charge in [0.15, 0.2) is 0 Å². The van der Waals surface area contributed by atoms with Crippen molar-refractivity contribution in [1.82, 2.24) is 9.97 Å². The van der Waals surface area contributed by atoms with Crippen LogP contribution >= 0.6 is 0 Å². The zero-order valence-corrected chi connectivity index (χ0v) is 15.0. The van der Waals surface area contributed by atoms with Crippen molar-refractivity contribution >= 4 is 22.3 Å². The molecule has 4 aromatic rings. The highest BCUT2D eigenvalue weighted by Crippen LogP contribution is 2.32. The zero-order valence-electron chi connectivity index (χ0n) is 15.0. The van der Waals surface area contributed by atoms with E-state index in [1.54, 1.807) is 18.5 Å². The van der Waals surface area contributed by atoms with Crippen LogP contribution in [0.25, 0.3) is 21.9 Å². The number of anilines is 2. The van der Waals surface area contributed by atoms with Gasteiger partial charge >= 0.3 is 6.18 Å². The maximum Gasteiger partial charge on any atom is 0.416 e. The van der Waals surface area contributed by atoms with Gasteiger partial charge in [-0.15, -0.1) is 0 Å². The van der Waals surface area contributed by atoms with Gasteiger partial charge in [0.1, 0.15) is 5.82 Å². The predicted octanol–water partition coefficient (Wildman–Crippen LogP) is 6.37. The molecule has 0 spiro atoms. The first kappa shape index (κ1) is 18.0. The summed E-state index contributed by atoms with van der Waals surface area (Å²) in [6.07, 6.45) is -0.951. The minimum absolute atomic E-state index is 0.611. The molecule has 2 aromatic heterocycles. The van der Waals surface area contributed by atoms with Crippen molar-refractivity contribution in [1.29, 1.82) is 0 Å². The summed E-state index contributed by atoms with van der Waals surface area (Å²) in [5.74, 6) is 0.611. The SMILES string of the molecule is Cc1nccc2c(Nc3cc(-c4ccc(C(F)(F)F)cc4)ccn3)cccc12. The fraction of sp³-hybridized carbons (Fsp3) is 0.0909. The van der Waals surface area contributed by atoms with Gasteiger partial charge in [0.25, 0.3) is 0 Å². The van der Waals surface area contributed by atoms with Crippen LogP contribution in [-0.2, 0) is 6.18 Å². The molecule has 0 radical (unpaired) electrons. The second-order valence-electron chi connectivity index (χ2n) is 6.43. The van der Waals surface area contributed by atoms with Crippen molar-refractivity contribution < 1.29 is 13.2 Å². The number of fused-ring (bicyclic) bond motifs is 1. The van der Waals surface area contributed by atoms with Crippen LogP contribution in [0.2, 0.25) is 0 Å². The number of aryl methyl sites for hydroxylation is 1. The Morgan fingerprint density at radius 1 is 0.786 bits per heavy atom. The lowest BCUT2D eigenvalue weighted by Gasteiger charge is -2.12. The third-order valence-corrected chi connectivity index (χ3v) is 4.57. The molecule has 2 aromatic carbocycles. The lowest BCUT2D eigenvalue weighted by molar-refractivity contribution is -0.137. The minimum atomic E-state index is -4.34. The largest absolute Gasteiger partial charge is 0.416 e. The lowest BCUT2D eigenvalue weighted by atomic mass is 10.0. The van der Waals surface area contributed by atoms with E-state index in [4.69, 9.17) is 0 Å². The van der Waals surface area contributed by atoms with Gasteiger partial charge < -0.3 is 5.32 Å². The number of rotatable bonds is 3. The first-order valence-corrected chi connectivity index (χ1v) is 8.67. The molecule has 0 saturated carbocycles. The second kappa shape index (κ2) is 6.96. The van der Waals surface area contributed by atoms with Gasteiger partial charge in [-0.3, -0.25) is 4.98 Å². The van der Waals surface area contributed by atoms with Crippen LogP contribution in [0.1, 0.15) is 11.3 Å². The standard InChI is InChI=1S/C22H16F3N3/c1-14-18-3-2-4-20(19(18)10-12-26-14)28-21-13-16(9-11-27-21)15-5-7-17(8-6-15)22(23,24)25/h2-13H,1H3,(H,27,28). The molecule has 6 heteroatoms. The average molecular weight is 379 g/mol. The van der Waals surface area contributed by atoms with Crippen molar-refractivity contribution in [2.45, 2.75) is 13.1 Å². The maximum atomic E-state index is 12.8. The maximum absolute atomic E-state index is 12.8. The van der Waals surface area contributed by atoms with E-state index in [-0.39, 0.29) is 0 Å². The van der Waals surface area contributed by atoms with Gasteiger partial charge in [0.2, 0.25) is 0 Å². The van der Waals surface area contributed by atoms with Crippen LogP contribution in [-0.4, -0.2) is 9.97 Å². The number of pyridine rings is 2. The van der Waals surface area contributed by atoms with E-state index in [1.165, 1.54) is 12.1 Å². The van der Waals surface area contributed by atoms with Gasteiger partial charge in [0.05, 0.1) is 5.56 Å². The molecule has 2 heterocycles. The molecule has 4 rings (SSSR count). The minimum Gasteiger partial charge on any atom is -0.340 e. The predicted molar refractivity (Wildman–Crippen MR) is 104 cm³/mol. The Morgan fingerprint density at radius 2 is 1.54 bits per heavy atom. The number of hydrogen-bond acceptors (Lipinski definition) is 3. The van der Waals surface area contributed by atoms with Gasteiger partial charge in [-0.05, 0) is 54.4 Å². The van der Waals surface area contributed by atoms with E-state index in [1.807, 2.05) is 37.3 Å². The van der Waals surface area contributed by atoms with E-state index in [0.29, 0.717) is 11.4 Å². The van der Waals surface area contributed by atoms with Crippen LogP contribution < -0.4 is 5.32 Å². The summed E-state index contributed by atoms with van der Waals surface area (Å²) in [7, 11) is 0. The van der Waals surface area contributed by atoms with E-state index in [2.05, 4.69) is 15.3 Å². The molecule has 140 valence electrons. The van der Waals surface area contributed by atoms with Crippen LogP contribution in [0, 0.1) is 6.92 Å². The monoisotopic (exact) mass is 379 g/mol. The van der Waals surface area contributed by atoms with Crippen LogP contribution in [0.3, 0.4) is 0 Å². The summed E-state index contributed by atoms with van der Waals surface area (Å²) in [6.45, 7) is 1.95. The summed E-state index contributed by atoms with van der Waals surface area (Å²) < 4.78 is 38.3. The fourth-order valence-corrected chi connectivity index (χ4v) is 3.13. The Bertz CT molecular complexity index is 1140. The normalized spacial score (nSPS) is 11.6. The highest BCUT2D eigenvalue weighted by atomic mass is 19.4. The number of nitrogens with zero attached hydrogens (tertiary/aromatic N) is 2. The molecule has 0 bridgehead atoms. The molecule has 0 unspecified atom stereocenters. The molecule has 3 nitrogen and oxygen atoms in total. The van der Waals surface area contributed by atoms with Crippen molar-refractivity contribution in [3.05, 3.63) is 84.3 Å². The number of alkyl halides is 3. The molecule has 0 atom stereocenters.